The molecule has 32 heavy (non-hydrogen) atoms. The number of rotatable bonds is 4. The van der Waals surface area contributed by atoms with Crippen LogP contribution in [0.1, 0.15) is 23.6 Å². The molecule has 0 aliphatic carbocycles. The number of fused-ring (bicyclic) bond motifs is 3. The van der Waals surface area contributed by atoms with Crippen LogP contribution in [0.25, 0.3) is 11.1 Å². The molecule has 2 aliphatic heterocycles. The van der Waals surface area contributed by atoms with Gasteiger partial charge >= 0.3 is 0 Å². The lowest BCUT2D eigenvalue weighted by Gasteiger charge is -2.39. The van der Waals surface area contributed by atoms with E-state index in [0.717, 1.165) is 16.8 Å². The Morgan fingerprint density at radius 2 is 1.84 bits per heavy atom. The first-order valence-corrected chi connectivity index (χ1v) is 12.2. The van der Waals surface area contributed by atoms with E-state index in [-0.39, 0.29) is 29.3 Å². The van der Waals surface area contributed by atoms with Gasteiger partial charge in [0.05, 0.1) is 23.6 Å². The van der Waals surface area contributed by atoms with Crippen molar-refractivity contribution in [1.82, 2.24) is 4.31 Å². The van der Waals surface area contributed by atoms with Gasteiger partial charge in [-0.15, -0.1) is 0 Å². The molecular formula is C25H25FN2O3S. The molecule has 2 N–H and O–H groups in total. The van der Waals surface area contributed by atoms with Crippen LogP contribution in [-0.4, -0.2) is 37.0 Å². The van der Waals surface area contributed by atoms with Gasteiger partial charge in [-0.25, -0.2) is 12.8 Å². The van der Waals surface area contributed by atoms with E-state index in [1.165, 1.54) is 6.07 Å². The largest absolute Gasteiger partial charge is 0.394 e. The molecule has 0 saturated carbocycles. The van der Waals surface area contributed by atoms with E-state index in [1.807, 2.05) is 25.1 Å². The van der Waals surface area contributed by atoms with Gasteiger partial charge in [-0.3, -0.25) is 0 Å². The van der Waals surface area contributed by atoms with Crippen LogP contribution in [0.4, 0.5) is 10.1 Å². The van der Waals surface area contributed by atoms with E-state index in [1.54, 1.807) is 46.8 Å². The van der Waals surface area contributed by atoms with Gasteiger partial charge in [0, 0.05) is 23.7 Å². The molecule has 0 radical (unpaired) electrons. The Morgan fingerprint density at radius 3 is 2.56 bits per heavy atom. The summed E-state index contributed by atoms with van der Waals surface area (Å²) in [5, 5.41) is 13.4. The maximum absolute atomic E-state index is 14.5. The lowest BCUT2D eigenvalue weighted by molar-refractivity contribution is 0.210. The number of anilines is 1. The Labute approximate surface area is 187 Å². The van der Waals surface area contributed by atoms with Crippen molar-refractivity contribution in [3.63, 3.8) is 0 Å². The maximum atomic E-state index is 14.5. The van der Waals surface area contributed by atoms with Crippen LogP contribution in [0.5, 0.6) is 0 Å². The molecule has 166 valence electrons. The molecule has 3 aromatic rings. The van der Waals surface area contributed by atoms with Crippen LogP contribution in [0.3, 0.4) is 0 Å². The summed E-state index contributed by atoms with van der Waals surface area (Å²) in [4.78, 5) is 0.259. The minimum atomic E-state index is -3.74. The molecular weight excluding hydrogens is 427 g/mol. The minimum absolute atomic E-state index is 0.0800. The zero-order valence-corrected chi connectivity index (χ0v) is 18.5. The number of aliphatic hydroxyl groups excluding tert-OH is 1. The molecule has 7 heteroatoms. The molecule has 2 heterocycles. The SMILES string of the molecule is Cc1ccc(S(=O)(=O)N2CC[C@@H]3[C@H]2c2cc(-c4ccccc4F)ccc2N[C@@H]3CO)cc1. The summed E-state index contributed by atoms with van der Waals surface area (Å²) < 4.78 is 43.2. The summed E-state index contributed by atoms with van der Waals surface area (Å²) in [5.74, 6) is -0.403. The van der Waals surface area contributed by atoms with Gasteiger partial charge in [-0.05, 0) is 54.8 Å². The van der Waals surface area contributed by atoms with E-state index in [4.69, 9.17) is 0 Å². The van der Waals surface area contributed by atoms with Crippen LogP contribution < -0.4 is 5.32 Å². The van der Waals surface area contributed by atoms with Gasteiger partial charge in [-0.2, -0.15) is 4.31 Å². The average Bonchev–Trinajstić information content (AvgIpc) is 3.25. The van der Waals surface area contributed by atoms with E-state index in [9.17, 15) is 17.9 Å². The number of nitrogens with zero attached hydrogens (tertiary/aromatic N) is 1. The number of halogens is 1. The topological polar surface area (TPSA) is 69.6 Å². The van der Waals surface area contributed by atoms with E-state index < -0.39 is 16.1 Å². The molecule has 2 aliphatic rings. The number of nitrogens with one attached hydrogen (secondary N) is 1. The van der Waals surface area contributed by atoms with Crippen molar-refractivity contribution >= 4 is 15.7 Å². The third-order valence-corrected chi connectivity index (χ3v) is 8.53. The third kappa shape index (κ3) is 3.41. The van der Waals surface area contributed by atoms with E-state index >= 15 is 0 Å². The third-order valence-electron chi connectivity index (χ3n) is 6.64. The summed E-state index contributed by atoms with van der Waals surface area (Å²) in [7, 11) is -3.74. The molecule has 3 atom stereocenters. The second-order valence-corrected chi connectivity index (χ2v) is 10.4. The normalized spacial score (nSPS) is 22.8. The maximum Gasteiger partial charge on any atom is 0.243 e. The highest BCUT2D eigenvalue weighted by atomic mass is 32.2. The summed E-state index contributed by atoms with van der Waals surface area (Å²) in [5.41, 5.74) is 3.75. The average molecular weight is 453 g/mol. The predicted octanol–water partition coefficient (Wildman–Crippen LogP) is 4.34. The molecule has 5 rings (SSSR count). The summed E-state index contributed by atoms with van der Waals surface area (Å²) in [6.45, 7) is 2.20. The monoisotopic (exact) mass is 452 g/mol. The minimum Gasteiger partial charge on any atom is -0.394 e. The Bertz CT molecular complexity index is 1260. The fourth-order valence-corrected chi connectivity index (χ4v) is 6.66. The van der Waals surface area contributed by atoms with Gasteiger partial charge in [0.2, 0.25) is 10.0 Å². The molecule has 0 unspecified atom stereocenters. The van der Waals surface area contributed by atoms with Crippen molar-refractivity contribution in [1.29, 1.82) is 0 Å². The second-order valence-electron chi connectivity index (χ2n) is 8.54. The first-order chi connectivity index (χ1) is 15.4. The number of benzene rings is 3. The van der Waals surface area contributed by atoms with Crippen molar-refractivity contribution in [3.05, 3.63) is 83.7 Å². The number of aliphatic hydroxyl groups is 1. The smallest absolute Gasteiger partial charge is 0.243 e. The molecule has 0 amide bonds. The highest BCUT2D eigenvalue weighted by Crippen LogP contribution is 2.49. The molecule has 0 spiro atoms. The van der Waals surface area contributed by atoms with Gasteiger partial charge < -0.3 is 10.4 Å². The van der Waals surface area contributed by atoms with Crippen LogP contribution in [0.2, 0.25) is 0 Å². The molecule has 1 fully saturated rings. The number of aryl methyl sites for hydroxylation is 1. The predicted molar refractivity (Wildman–Crippen MR) is 122 cm³/mol. The molecule has 3 aromatic carbocycles. The lowest BCUT2D eigenvalue weighted by atomic mass is 9.82. The zero-order chi connectivity index (χ0) is 22.5. The van der Waals surface area contributed by atoms with E-state index in [0.29, 0.717) is 24.1 Å². The van der Waals surface area contributed by atoms with Gasteiger partial charge in [0.15, 0.2) is 0 Å². The van der Waals surface area contributed by atoms with Crippen LogP contribution in [0, 0.1) is 18.7 Å². The van der Waals surface area contributed by atoms with Crippen molar-refractivity contribution in [2.75, 3.05) is 18.5 Å². The van der Waals surface area contributed by atoms with Crippen LogP contribution >= 0.6 is 0 Å². The summed E-state index contributed by atoms with van der Waals surface area (Å²) in [6, 6.07) is 18.3. The fourth-order valence-electron chi connectivity index (χ4n) is 5.00. The lowest BCUT2D eigenvalue weighted by Crippen LogP contribution is -2.42. The highest BCUT2D eigenvalue weighted by molar-refractivity contribution is 7.89. The van der Waals surface area contributed by atoms with Crippen molar-refractivity contribution in [2.24, 2.45) is 5.92 Å². The van der Waals surface area contributed by atoms with Crippen molar-refractivity contribution < 1.29 is 17.9 Å². The standard InChI is InChI=1S/C25H25FN2O3S/c1-16-6-9-18(10-7-16)32(30,31)28-13-12-20-24(15-29)27-23-11-8-17(14-21(23)25(20)28)19-4-2-3-5-22(19)26/h2-11,14,20,24-25,27,29H,12-13,15H2,1H3/t20-,24+,25-/m0/s1. The first kappa shape index (κ1) is 21.1. The van der Waals surface area contributed by atoms with Gasteiger partial charge in [0.25, 0.3) is 0 Å². The molecule has 1 saturated heterocycles. The van der Waals surface area contributed by atoms with E-state index in [2.05, 4.69) is 5.32 Å². The Morgan fingerprint density at radius 1 is 1.09 bits per heavy atom. The Kier molecular flexibility index (Phi) is 5.28. The zero-order valence-electron chi connectivity index (χ0n) is 17.7. The van der Waals surface area contributed by atoms with Crippen molar-refractivity contribution in [3.8, 4) is 11.1 Å². The summed E-state index contributed by atoms with van der Waals surface area (Å²) >= 11 is 0. The molecule has 0 bridgehead atoms. The first-order valence-electron chi connectivity index (χ1n) is 10.7. The van der Waals surface area contributed by atoms with Gasteiger partial charge in [0.1, 0.15) is 5.82 Å². The number of hydrogen-bond donors (Lipinski definition) is 2. The Balaban J connectivity index is 1.62. The van der Waals surface area contributed by atoms with Crippen LogP contribution in [0.15, 0.2) is 71.6 Å². The fraction of sp³-hybridized carbons (Fsp3) is 0.280. The highest BCUT2D eigenvalue weighted by Gasteiger charge is 2.48. The van der Waals surface area contributed by atoms with Crippen molar-refractivity contribution in [2.45, 2.75) is 30.3 Å². The second kappa shape index (κ2) is 7.99. The number of sulfonamides is 1. The molecule has 5 nitrogen and oxygen atoms in total. The summed E-state index contributed by atoms with van der Waals surface area (Å²) in [6.07, 6.45) is 0.636. The van der Waals surface area contributed by atoms with Gasteiger partial charge in [-0.1, -0.05) is 42.0 Å². The number of hydrogen-bond acceptors (Lipinski definition) is 4. The van der Waals surface area contributed by atoms with Crippen LogP contribution in [-0.2, 0) is 10.0 Å². The Hall–Kier alpha value is -2.74. The quantitative estimate of drug-likeness (QED) is 0.618. The molecule has 0 aromatic heterocycles.